The van der Waals surface area contributed by atoms with E-state index in [1.165, 1.54) is 0 Å². The van der Waals surface area contributed by atoms with Crippen molar-refractivity contribution in [2.45, 2.75) is 13.5 Å². The van der Waals surface area contributed by atoms with E-state index in [0.717, 1.165) is 24.5 Å². The van der Waals surface area contributed by atoms with Crippen molar-refractivity contribution in [1.29, 1.82) is 0 Å². The summed E-state index contributed by atoms with van der Waals surface area (Å²) in [5.41, 5.74) is 7.47. The molecular formula is C8H18Cl2N4. The van der Waals surface area contributed by atoms with E-state index in [1.807, 2.05) is 25.7 Å². The molecule has 0 saturated heterocycles. The van der Waals surface area contributed by atoms with E-state index in [2.05, 4.69) is 10.00 Å². The molecule has 0 spiro atoms. The second-order valence-corrected chi connectivity index (χ2v) is 3.21. The molecule has 1 aromatic rings. The quantitative estimate of drug-likeness (QED) is 0.864. The van der Waals surface area contributed by atoms with E-state index in [9.17, 15) is 0 Å². The maximum atomic E-state index is 5.65. The van der Waals surface area contributed by atoms with Crippen molar-refractivity contribution in [1.82, 2.24) is 14.7 Å². The minimum absolute atomic E-state index is 0. The van der Waals surface area contributed by atoms with Gasteiger partial charge in [-0.25, -0.2) is 0 Å². The number of halogens is 2. The molecule has 0 aromatic carbocycles. The van der Waals surface area contributed by atoms with Gasteiger partial charge in [-0.2, -0.15) is 5.10 Å². The summed E-state index contributed by atoms with van der Waals surface area (Å²) in [6.07, 6.45) is 1.70. The second-order valence-electron chi connectivity index (χ2n) is 3.21. The molecule has 1 aromatic heterocycles. The van der Waals surface area contributed by atoms with Gasteiger partial charge in [0.25, 0.3) is 0 Å². The van der Waals surface area contributed by atoms with E-state index < -0.39 is 0 Å². The zero-order chi connectivity index (χ0) is 9.14. The van der Waals surface area contributed by atoms with Crippen LogP contribution in [0, 0.1) is 6.92 Å². The lowest BCUT2D eigenvalue weighted by Gasteiger charge is -2.10. The van der Waals surface area contributed by atoms with Gasteiger partial charge in [0.15, 0.2) is 0 Å². The van der Waals surface area contributed by atoms with Crippen LogP contribution in [0.3, 0.4) is 0 Å². The highest BCUT2D eigenvalue weighted by Crippen LogP contribution is 2.07. The van der Waals surface area contributed by atoms with E-state index in [0.29, 0.717) is 0 Å². The van der Waals surface area contributed by atoms with Crippen LogP contribution in [0.1, 0.15) is 5.69 Å². The molecule has 6 heteroatoms. The number of hydrogen-bond acceptors (Lipinski definition) is 3. The van der Waals surface area contributed by atoms with Crippen LogP contribution in [0.15, 0.2) is 6.20 Å². The molecule has 0 atom stereocenters. The van der Waals surface area contributed by atoms with Crippen LogP contribution in [-0.4, -0.2) is 35.3 Å². The standard InChI is InChI=1S/C8H16N4.2ClH/c1-7-8(9)6-10-12(7)5-4-11(2)3;;/h6H,4-5,9H2,1-3H3;2*1H. The zero-order valence-electron chi connectivity index (χ0n) is 8.73. The number of likely N-dealkylation sites (N-methyl/N-ethyl adjacent to an activating group) is 1. The van der Waals surface area contributed by atoms with Crippen LogP contribution in [0.4, 0.5) is 5.69 Å². The summed E-state index contributed by atoms with van der Waals surface area (Å²) in [5.74, 6) is 0. The molecular weight excluding hydrogens is 223 g/mol. The smallest absolute Gasteiger partial charge is 0.0730 e. The Morgan fingerprint density at radius 3 is 2.36 bits per heavy atom. The number of anilines is 1. The maximum absolute atomic E-state index is 5.65. The lowest BCUT2D eigenvalue weighted by molar-refractivity contribution is 0.371. The Hall–Kier alpha value is -0.450. The van der Waals surface area contributed by atoms with Crippen LogP contribution in [-0.2, 0) is 6.54 Å². The first kappa shape index (κ1) is 16.0. The summed E-state index contributed by atoms with van der Waals surface area (Å²) in [6, 6.07) is 0. The first-order chi connectivity index (χ1) is 5.61. The lowest BCUT2D eigenvalue weighted by Crippen LogP contribution is -2.19. The number of nitrogens with two attached hydrogens (primary N) is 1. The minimum Gasteiger partial charge on any atom is -0.396 e. The van der Waals surface area contributed by atoms with E-state index in [1.54, 1.807) is 6.20 Å². The molecule has 84 valence electrons. The number of nitrogen functional groups attached to an aromatic ring is 1. The van der Waals surface area contributed by atoms with Gasteiger partial charge in [0.1, 0.15) is 0 Å². The Kier molecular flexibility index (Phi) is 7.91. The van der Waals surface area contributed by atoms with Crippen LogP contribution < -0.4 is 5.73 Å². The molecule has 1 heterocycles. The largest absolute Gasteiger partial charge is 0.396 e. The van der Waals surface area contributed by atoms with Crippen molar-refractivity contribution >= 4 is 30.5 Å². The number of rotatable bonds is 3. The number of aromatic nitrogens is 2. The predicted molar refractivity (Wildman–Crippen MR) is 64.4 cm³/mol. The van der Waals surface area contributed by atoms with Crippen molar-refractivity contribution in [2.75, 3.05) is 26.4 Å². The van der Waals surface area contributed by atoms with Crippen molar-refractivity contribution in [3.63, 3.8) is 0 Å². The second kappa shape index (κ2) is 6.92. The summed E-state index contributed by atoms with van der Waals surface area (Å²) >= 11 is 0. The molecule has 0 bridgehead atoms. The summed E-state index contributed by atoms with van der Waals surface area (Å²) < 4.78 is 1.93. The van der Waals surface area contributed by atoms with Gasteiger partial charge in [-0.1, -0.05) is 0 Å². The molecule has 0 fully saturated rings. The normalized spacial score (nSPS) is 9.43. The van der Waals surface area contributed by atoms with Crippen molar-refractivity contribution in [3.8, 4) is 0 Å². The first-order valence-corrected chi connectivity index (χ1v) is 4.04. The number of hydrogen-bond donors (Lipinski definition) is 1. The molecule has 0 radical (unpaired) electrons. The molecule has 0 amide bonds. The Balaban J connectivity index is 0. The lowest BCUT2D eigenvalue weighted by atomic mass is 10.4. The number of nitrogens with zero attached hydrogens (tertiary/aromatic N) is 3. The molecule has 0 aliphatic carbocycles. The maximum Gasteiger partial charge on any atom is 0.0730 e. The summed E-state index contributed by atoms with van der Waals surface area (Å²) in [4.78, 5) is 2.12. The molecule has 0 saturated carbocycles. The Morgan fingerprint density at radius 1 is 1.43 bits per heavy atom. The Morgan fingerprint density at radius 2 is 2.00 bits per heavy atom. The zero-order valence-corrected chi connectivity index (χ0v) is 10.4. The fourth-order valence-electron chi connectivity index (χ4n) is 0.981. The van der Waals surface area contributed by atoms with Crippen LogP contribution in [0.5, 0.6) is 0 Å². The topological polar surface area (TPSA) is 47.1 Å². The van der Waals surface area contributed by atoms with Crippen LogP contribution >= 0.6 is 24.8 Å². The van der Waals surface area contributed by atoms with Crippen molar-refractivity contribution in [2.24, 2.45) is 0 Å². The highest BCUT2D eigenvalue weighted by atomic mass is 35.5. The summed E-state index contributed by atoms with van der Waals surface area (Å²) in [5, 5.41) is 4.15. The highest BCUT2D eigenvalue weighted by molar-refractivity contribution is 5.85. The average Bonchev–Trinajstić information content (AvgIpc) is 2.30. The SMILES string of the molecule is Cc1c(N)cnn1CCN(C)C.Cl.Cl. The third-order valence-corrected chi connectivity index (χ3v) is 1.90. The molecule has 1 rings (SSSR count). The van der Waals surface area contributed by atoms with Gasteiger partial charge in [0, 0.05) is 6.54 Å². The van der Waals surface area contributed by atoms with Crippen LogP contribution in [0.25, 0.3) is 0 Å². The summed E-state index contributed by atoms with van der Waals surface area (Å²) in [6.45, 7) is 3.87. The van der Waals surface area contributed by atoms with E-state index in [4.69, 9.17) is 5.73 Å². The Labute approximate surface area is 97.3 Å². The molecule has 0 unspecified atom stereocenters. The van der Waals surface area contributed by atoms with Gasteiger partial charge in [0.05, 0.1) is 24.1 Å². The molecule has 2 N–H and O–H groups in total. The third-order valence-electron chi connectivity index (χ3n) is 1.90. The van der Waals surface area contributed by atoms with Gasteiger partial charge in [-0.05, 0) is 21.0 Å². The molecule has 0 aliphatic rings. The van der Waals surface area contributed by atoms with Gasteiger partial charge in [-0.3, -0.25) is 4.68 Å². The monoisotopic (exact) mass is 240 g/mol. The third kappa shape index (κ3) is 4.17. The predicted octanol–water partition coefficient (Wildman–Crippen LogP) is 1.18. The van der Waals surface area contributed by atoms with Crippen molar-refractivity contribution in [3.05, 3.63) is 11.9 Å². The van der Waals surface area contributed by atoms with Gasteiger partial charge in [0.2, 0.25) is 0 Å². The molecule has 0 aliphatic heterocycles. The average molecular weight is 241 g/mol. The van der Waals surface area contributed by atoms with Crippen LogP contribution in [0.2, 0.25) is 0 Å². The first-order valence-electron chi connectivity index (χ1n) is 4.04. The Bertz CT molecular complexity index is 260. The molecule has 14 heavy (non-hydrogen) atoms. The molecule has 4 nitrogen and oxygen atoms in total. The van der Waals surface area contributed by atoms with E-state index >= 15 is 0 Å². The summed E-state index contributed by atoms with van der Waals surface area (Å²) in [7, 11) is 4.09. The van der Waals surface area contributed by atoms with Crippen molar-refractivity contribution < 1.29 is 0 Å². The fourth-order valence-corrected chi connectivity index (χ4v) is 0.981. The fraction of sp³-hybridized carbons (Fsp3) is 0.625. The highest BCUT2D eigenvalue weighted by Gasteiger charge is 2.01. The van der Waals surface area contributed by atoms with E-state index in [-0.39, 0.29) is 24.8 Å². The van der Waals surface area contributed by atoms with Gasteiger partial charge >= 0.3 is 0 Å². The minimum atomic E-state index is 0. The van der Waals surface area contributed by atoms with Gasteiger partial charge < -0.3 is 10.6 Å². The van der Waals surface area contributed by atoms with Gasteiger partial charge in [-0.15, -0.1) is 24.8 Å².